The summed E-state index contributed by atoms with van der Waals surface area (Å²) in [4.78, 5) is 84.9. The Kier molecular flexibility index (Phi) is 31.2. The molecular weight excluding hydrogens is 1410 g/mol. The molecule has 101 heavy (non-hydrogen) atoms. The van der Waals surface area contributed by atoms with Gasteiger partial charge in [0.15, 0.2) is 39.8 Å². The second-order valence-electron chi connectivity index (χ2n) is 20.0. The van der Waals surface area contributed by atoms with Crippen LogP contribution in [0.2, 0.25) is 0 Å². The van der Waals surface area contributed by atoms with E-state index in [1.54, 1.807) is 48.5 Å². The summed E-state index contributed by atoms with van der Waals surface area (Å²) in [6, 6.07) is 39.6. The number of amides is 2. The van der Waals surface area contributed by atoms with Gasteiger partial charge >= 0.3 is 17.9 Å². The highest BCUT2D eigenvalue weighted by molar-refractivity contribution is 7.80. The van der Waals surface area contributed by atoms with Crippen LogP contribution in [0, 0.1) is 27.6 Å². The molecule has 0 bridgehead atoms. The molecule has 0 aliphatic carbocycles. The number of rotatable bonds is 15. The number of nitro benzene ring substituents is 1. The molecule has 6 aromatic heterocycles. The zero-order valence-corrected chi connectivity index (χ0v) is 57.5. The summed E-state index contributed by atoms with van der Waals surface area (Å²) in [5.41, 5.74) is 9.21. The number of thiocarbonyl (C=S) groups is 2. The number of aliphatic imine (C=N–C) groups is 1. The minimum Gasteiger partial charge on any atom is -0.465 e. The number of halogens is 3. The molecule has 12 rings (SSSR count). The molecular formula is C71H63F3N8O14S5. The molecule has 7 heterocycles. The lowest BCUT2D eigenvalue weighted by molar-refractivity contribution is -0.385. The number of nitrogens with two attached hydrogens (primary N) is 1. The van der Waals surface area contributed by atoms with Crippen LogP contribution in [-0.4, -0.2) is 94.4 Å². The third kappa shape index (κ3) is 23.7. The summed E-state index contributed by atoms with van der Waals surface area (Å²) < 4.78 is 80.2. The third-order valence-electron chi connectivity index (χ3n) is 12.9. The van der Waals surface area contributed by atoms with Crippen molar-refractivity contribution in [3.63, 3.8) is 0 Å². The number of carbonyl (C=O) groups is 5. The first-order valence-electron chi connectivity index (χ1n) is 29.4. The van der Waals surface area contributed by atoms with Crippen LogP contribution in [-0.2, 0) is 41.4 Å². The topological polar surface area (TPSA) is 294 Å². The number of nitrogens with one attached hydrogen (secondary N) is 2. The van der Waals surface area contributed by atoms with Crippen molar-refractivity contribution in [3.8, 4) is 34.5 Å². The molecule has 0 radical (unpaired) electrons. The number of nitro groups is 1. The fourth-order valence-corrected chi connectivity index (χ4v) is 11.7. The predicted octanol–water partition coefficient (Wildman–Crippen LogP) is 17.1. The Hall–Kier alpha value is -11.2. The number of isothiocyanates is 1. The Morgan fingerprint density at radius 2 is 1.03 bits per heavy atom. The molecule has 0 saturated carbocycles. The Bertz CT molecular complexity index is 4760. The van der Waals surface area contributed by atoms with E-state index in [2.05, 4.69) is 58.8 Å². The Balaban J connectivity index is 0.000000212. The Morgan fingerprint density at radius 3 is 1.41 bits per heavy atom. The van der Waals surface area contributed by atoms with Crippen molar-refractivity contribution < 1.29 is 75.2 Å². The highest BCUT2D eigenvalue weighted by Crippen LogP contribution is 2.40. The van der Waals surface area contributed by atoms with Gasteiger partial charge < -0.3 is 49.5 Å². The van der Waals surface area contributed by atoms with E-state index in [4.69, 9.17) is 41.6 Å². The number of allylic oxidation sites excluding steroid dienone is 1. The van der Waals surface area contributed by atoms with Gasteiger partial charge in [-0.25, -0.2) is 27.6 Å². The van der Waals surface area contributed by atoms with Gasteiger partial charge in [-0.1, -0.05) is 74.2 Å². The molecule has 4 N–H and O–H groups in total. The SMILES string of the molecule is C.C1CCOC1.C=CC.COC(=O)c1cc2nccc(Oc3ccc(N)cc3F)c2s1.COC(=O)c1cc2nccc(Oc3ccc(NC(=S)NC(=O)Cc4ccccc4)cc3F)c2s1.COC(=O)c1cc2nccc(Oc3ccc([N+](=O)[O-])cc3F)c2s1.O=C(Cc1ccccc1)N=C=S. The number of fused-ring (bicyclic) bond motifs is 3. The maximum atomic E-state index is 14.7. The van der Waals surface area contributed by atoms with Gasteiger partial charge in [-0.05, 0) is 104 Å². The maximum absolute atomic E-state index is 14.7. The number of nitrogen functional groups attached to an aromatic ring is 1. The van der Waals surface area contributed by atoms with E-state index in [1.807, 2.05) is 72.7 Å². The van der Waals surface area contributed by atoms with Crippen molar-refractivity contribution >= 4 is 146 Å². The van der Waals surface area contributed by atoms with E-state index in [0.29, 0.717) is 74.6 Å². The van der Waals surface area contributed by atoms with Crippen molar-refractivity contribution in [1.29, 1.82) is 0 Å². The number of aromatic nitrogens is 3. The highest BCUT2D eigenvalue weighted by atomic mass is 32.1. The number of methoxy groups -OCH3 is 3. The summed E-state index contributed by atoms with van der Waals surface area (Å²) in [6.45, 7) is 7.25. The first-order valence-corrected chi connectivity index (χ1v) is 32.7. The molecule has 0 atom stereocenters. The maximum Gasteiger partial charge on any atom is 0.348 e. The number of nitrogens with zero attached hydrogens (tertiary/aromatic N) is 5. The van der Waals surface area contributed by atoms with Gasteiger partial charge in [0.25, 0.3) is 11.6 Å². The lowest BCUT2D eigenvalue weighted by Crippen LogP contribution is -2.35. The van der Waals surface area contributed by atoms with Crippen LogP contribution in [0.5, 0.6) is 34.5 Å². The van der Waals surface area contributed by atoms with Gasteiger partial charge in [-0.15, -0.1) is 40.6 Å². The van der Waals surface area contributed by atoms with Crippen LogP contribution in [0.25, 0.3) is 30.6 Å². The van der Waals surface area contributed by atoms with Crippen molar-refractivity contribution in [2.24, 2.45) is 4.99 Å². The number of anilines is 2. The van der Waals surface area contributed by atoms with Crippen LogP contribution >= 0.6 is 58.4 Å². The molecule has 522 valence electrons. The van der Waals surface area contributed by atoms with Gasteiger partial charge in [-0.3, -0.25) is 34.7 Å². The average Bonchev–Trinajstić information content (AvgIpc) is 1.69. The smallest absolute Gasteiger partial charge is 0.348 e. The standard InChI is InChI=1S/C24H18FN3O4S2.C15H9FN2O5S.C15H11FN2O3S.C9H7NOS.C4H8O.C3H6.CH4/c1-31-23(30)20-13-17-22(34-20)19(9-10-26-17)32-18-8-7-15(12-16(18)25)27-24(33)28-21(29)11-14-5-3-2-4-6-14;1-22-15(19)13-7-10-14(24-13)12(4-5-17-10)23-11-3-2-8(18(20)21)6-9(11)16;1-20-15(19)13-7-10-14(22-13)12(4-5-18-10)21-11-3-2-8(17)6-9(11)16;11-9(10-7-12)6-8-4-2-1-3-5-8;1-2-4-5-3-1;1-3-2;/h2-10,12-13H,11H2,1H3,(H2,27,28,29,33);2-7H,1H3;2-7H,17H2,1H3;1-5H,6H2;1-4H2;3H,1H2,2H3;1H4. The number of hydrogen-bond acceptors (Lipinski definition) is 23. The minimum absolute atomic E-state index is 0. The third-order valence-corrected chi connectivity index (χ3v) is 16.5. The monoisotopic (exact) mass is 1470 g/mol. The molecule has 30 heteroatoms. The molecule has 1 aliphatic heterocycles. The van der Waals surface area contributed by atoms with Gasteiger partial charge in [0, 0.05) is 79.6 Å². The van der Waals surface area contributed by atoms with Crippen molar-refractivity contribution in [1.82, 2.24) is 20.3 Å². The summed E-state index contributed by atoms with van der Waals surface area (Å²) in [5, 5.41) is 18.1. The zero-order chi connectivity index (χ0) is 72.1. The van der Waals surface area contributed by atoms with E-state index < -0.39 is 40.3 Å². The molecule has 1 fully saturated rings. The van der Waals surface area contributed by atoms with Crippen LogP contribution in [0.1, 0.15) is 67.3 Å². The fraction of sp³-hybridized carbons (Fsp3) is 0.155. The van der Waals surface area contributed by atoms with Crippen molar-refractivity contribution in [3.05, 3.63) is 236 Å². The van der Waals surface area contributed by atoms with Gasteiger partial charge in [0.2, 0.25) is 5.91 Å². The first kappa shape index (κ1) is 78.8. The number of thiophene rings is 3. The van der Waals surface area contributed by atoms with Crippen LogP contribution in [0.3, 0.4) is 0 Å². The summed E-state index contributed by atoms with van der Waals surface area (Å²) in [7, 11) is 3.87. The predicted molar refractivity (Wildman–Crippen MR) is 391 cm³/mol. The number of carbonyl (C=O) groups excluding carboxylic acids is 5. The second-order valence-corrected chi connectivity index (χ2v) is 23.8. The van der Waals surface area contributed by atoms with Gasteiger partial charge in [-0.2, -0.15) is 4.99 Å². The number of pyridine rings is 3. The molecule has 1 aliphatic rings. The second kappa shape index (κ2) is 40.0. The van der Waals surface area contributed by atoms with Crippen molar-refractivity contribution in [2.75, 3.05) is 45.6 Å². The van der Waals surface area contributed by atoms with Crippen molar-refractivity contribution in [2.45, 2.75) is 40.0 Å². The molecule has 22 nitrogen and oxygen atoms in total. The summed E-state index contributed by atoms with van der Waals surface area (Å²) in [5.74, 6) is -3.13. The molecule has 2 amide bonds. The quantitative estimate of drug-likeness (QED) is 0.0126. The van der Waals surface area contributed by atoms with E-state index in [9.17, 15) is 47.3 Å². The van der Waals surface area contributed by atoms with Crippen LogP contribution in [0.15, 0.2) is 188 Å². The lowest BCUT2D eigenvalue weighted by Gasteiger charge is -2.12. The van der Waals surface area contributed by atoms with Gasteiger partial charge in [0.05, 0.1) is 81.0 Å². The largest absolute Gasteiger partial charge is 0.465 e. The van der Waals surface area contributed by atoms with E-state index in [0.717, 1.165) is 59.1 Å². The Labute approximate surface area is 599 Å². The van der Waals surface area contributed by atoms with Gasteiger partial charge in [0.1, 0.15) is 31.9 Å². The van der Waals surface area contributed by atoms with E-state index in [1.165, 1.54) is 100 Å². The number of benzene rings is 5. The van der Waals surface area contributed by atoms with E-state index >= 15 is 0 Å². The fourth-order valence-electron chi connectivity index (χ4n) is 8.38. The zero-order valence-electron chi connectivity index (χ0n) is 53.4. The number of ether oxygens (including phenoxy) is 7. The highest BCUT2D eigenvalue weighted by Gasteiger charge is 2.21. The number of non-ortho nitro benzene ring substituents is 1. The molecule has 0 spiro atoms. The van der Waals surface area contributed by atoms with Crippen LogP contribution < -0.4 is 30.6 Å². The molecule has 11 aromatic rings. The normalized spacial score (nSPS) is 10.7. The summed E-state index contributed by atoms with van der Waals surface area (Å²) in [6.07, 6.45) is 9.26. The van der Waals surface area contributed by atoms with E-state index in [-0.39, 0.29) is 59.5 Å². The number of esters is 3. The molecule has 1 saturated heterocycles. The number of hydrogen-bond donors (Lipinski definition) is 3. The first-order chi connectivity index (χ1) is 48.2. The summed E-state index contributed by atoms with van der Waals surface area (Å²) >= 11 is 12.9. The van der Waals surface area contributed by atoms with Crippen LogP contribution in [0.4, 0.5) is 30.2 Å². The average molecular weight is 1470 g/mol. The molecule has 0 unspecified atom stereocenters. The Morgan fingerprint density at radius 1 is 0.624 bits per heavy atom. The lowest BCUT2D eigenvalue weighted by atomic mass is 10.1. The minimum atomic E-state index is -0.862. The molecule has 5 aromatic carbocycles.